The van der Waals surface area contributed by atoms with E-state index in [-0.39, 0.29) is 18.2 Å². The van der Waals surface area contributed by atoms with Crippen LogP contribution in [0.1, 0.15) is 5.69 Å². The van der Waals surface area contributed by atoms with E-state index in [1.165, 1.54) is 0 Å². The average Bonchev–Trinajstić information content (AvgIpc) is 2.83. The normalized spacial score (nSPS) is 10.8. The first-order chi connectivity index (χ1) is 11.1. The number of benzene rings is 2. The maximum Gasteiger partial charge on any atom is 0.160 e. The second-order valence-electron chi connectivity index (χ2n) is 5.58. The lowest BCUT2D eigenvalue weighted by molar-refractivity contribution is 0.475. The van der Waals surface area contributed by atoms with E-state index in [1.807, 2.05) is 44.3 Å². The van der Waals surface area contributed by atoms with Gasteiger partial charge in [-0.05, 0) is 37.3 Å². The van der Waals surface area contributed by atoms with Crippen LogP contribution >= 0.6 is 12.4 Å². The van der Waals surface area contributed by atoms with Gasteiger partial charge in [-0.25, -0.2) is 4.98 Å². The Labute approximate surface area is 145 Å². The second-order valence-corrected chi connectivity index (χ2v) is 5.58. The molecule has 2 N–H and O–H groups in total. The van der Waals surface area contributed by atoms with Gasteiger partial charge in [0.25, 0.3) is 0 Å². The van der Waals surface area contributed by atoms with Gasteiger partial charge in [0.1, 0.15) is 5.75 Å². The van der Waals surface area contributed by atoms with Crippen molar-refractivity contribution in [1.82, 2.24) is 14.8 Å². The molecule has 0 amide bonds. The van der Waals surface area contributed by atoms with Crippen LogP contribution in [-0.2, 0) is 7.05 Å². The maximum atomic E-state index is 9.46. The monoisotopic (exact) mass is 340 g/mol. The lowest BCUT2D eigenvalue weighted by Crippen LogP contribution is -1.96. The van der Waals surface area contributed by atoms with Gasteiger partial charge < -0.3 is 10.4 Å². The summed E-state index contributed by atoms with van der Waals surface area (Å²) in [7, 11) is 1.90. The zero-order chi connectivity index (χ0) is 16.0. The van der Waals surface area contributed by atoms with E-state index in [0.717, 1.165) is 39.0 Å². The summed E-state index contributed by atoms with van der Waals surface area (Å²) in [4.78, 5) is 4.73. The Bertz CT molecular complexity index is 1020. The summed E-state index contributed by atoms with van der Waals surface area (Å²) in [6, 6.07) is 15.1. The molecule has 0 spiro atoms. The third-order valence-corrected chi connectivity index (χ3v) is 3.98. The lowest BCUT2D eigenvalue weighted by atomic mass is 10.1. The number of halogens is 1. The zero-order valence-corrected chi connectivity index (χ0v) is 14.1. The first-order valence-corrected chi connectivity index (χ1v) is 7.41. The van der Waals surface area contributed by atoms with Crippen LogP contribution in [0, 0.1) is 6.92 Å². The van der Waals surface area contributed by atoms with Crippen molar-refractivity contribution < 1.29 is 5.11 Å². The van der Waals surface area contributed by atoms with Gasteiger partial charge in [-0.1, -0.05) is 18.2 Å². The molecule has 0 radical (unpaired) electrons. The fourth-order valence-corrected chi connectivity index (χ4v) is 2.92. The van der Waals surface area contributed by atoms with Gasteiger partial charge in [-0.15, -0.1) is 12.4 Å². The molecule has 0 saturated heterocycles. The van der Waals surface area contributed by atoms with Crippen molar-refractivity contribution in [2.24, 2.45) is 7.05 Å². The molecule has 0 aliphatic carbocycles. The molecule has 6 heteroatoms. The Morgan fingerprint density at radius 2 is 1.75 bits per heavy atom. The van der Waals surface area contributed by atoms with E-state index in [9.17, 15) is 5.11 Å². The number of aryl methyl sites for hydroxylation is 2. The van der Waals surface area contributed by atoms with Crippen molar-refractivity contribution in [2.45, 2.75) is 6.92 Å². The number of nitrogens with zero attached hydrogens (tertiary/aromatic N) is 3. The second kappa shape index (κ2) is 6.02. The number of pyridine rings is 1. The highest BCUT2D eigenvalue weighted by molar-refractivity contribution is 6.08. The number of para-hydroxylation sites is 1. The molecule has 5 nitrogen and oxygen atoms in total. The highest BCUT2D eigenvalue weighted by Gasteiger charge is 2.15. The van der Waals surface area contributed by atoms with Gasteiger partial charge in [0.05, 0.1) is 22.3 Å². The molecule has 0 aliphatic heterocycles. The van der Waals surface area contributed by atoms with Crippen LogP contribution < -0.4 is 5.32 Å². The molecule has 0 unspecified atom stereocenters. The van der Waals surface area contributed by atoms with E-state index in [0.29, 0.717) is 0 Å². The molecule has 2 aromatic heterocycles. The van der Waals surface area contributed by atoms with Crippen LogP contribution in [0.5, 0.6) is 5.75 Å². The number of fused-ring (bicyclic) bond motifs is 2. The molecule has 0 aliphatic rings. The fraction of sp³-hybridized carbons (Fsp3) is 0.111. The molecule has 2 heterocycles. The molecular formula is C18H17ClN4O. The van der Waals surface area contributed by atoms with Gasteiger partial charge in [-0.3, -0.25) is 4.68 Å². The van der Waals surface area contributed by atoms with Crippen LogP contribution in [0.3, 0.4) is 0 Å². The Morgan fingerprint density at radius 1 is 1.04 bits per heavy atom. The quantitative estimate of drug-likeness (QED) is 0.534. The number of anilines is 2. The molecule has 0 fully saturated rings. The van der Waals surface area contributed by atoms with Gasteiger partial charge in [0.2, 0.25) is 0 Å². The molecule has 24 heavy (non-hydrogen) atoms. The molecule has 0 atom stereocenters. The smallest absolute Gasteiger partial charge is 0.160 e. The van der Waals surface area contributed by atoms with Crippen molar-refractivity contribution in [1.29, 1.82) is 0 Å². The van der Waals surface area contributed by atoms with Crippen LogP contribution in [-0.4, -0.2) is 19.9 Å². The van der Waals surface area contributed by atoms with Crippen molar-refractivity contribution in [3.8, 4) is 5.75 Å². The summed E-state index contributed by atoms with van der Waals surface area (Å²) in [5.41, 5.74) is 4.60. The molecule has 122 valence electrons. The van der Waals surface area contributed by atoms with Crippen LogP contribution in [0.15, 0.2) is 48.5 Å². The Balaban J connectivity index is 0.00000169. The van der Waals surface area contributed by atoms with Crippen molar-refractivity contribution in [2.75, 3.05) is 5.32 Å². The first-order valence-electron chi connectivity index (χ1n) is 7.41. The highest BCUT2D eigenvalue weighted by atomic mass is 35.5. The summed E-state index contributed by atoms with van der Waals surface area (Å²) in [6.07, 6.45) is 0. The van der Waals surface area contributed by atoms with Gasteiger partial charge in [-0.2, -0.15) is 5.10 Å². The van der Waals surface area contributed by atoms with Crippen molar-refractivity contribution >= 4 is 45.7 Å². The number of phenols is 1. The van der Waals surface area contributed by atoms with E-state index in [1.54, 1.807) is 16.8 Å². The topological polar surface area (TPSA) is 63.0 Å². The lowest BCUT2D eigenvalue weighted by Gasteiger charge is -2.12. The van der Waals surface area contributed by atoms with E-state index in [2.05, 4.69) is 16.5 Å². The molecule has 4 rings (SSSR count). The zero-order valence-electron chi connectivity index (χ0n) is 13.3. The number of aromatic hydroxyl groups is 1. The molecule has 0 bridgehead atoms. The van der Waals surface area contributed by atoms with Gasteiger partial charge in [0.15, 0.2) is 5.65 Å². The summed E-state index contributed by atoms with van der Waals surface area (Å²) >= 11 is 0. The molecule has 2 aromatic carbocycles. The van der Waals surface area contributed by atoms with Crippen LogP contribution in [0.4, 0.5) is 11.4 Å². The predicted octanol–water partition coefficient (Wildman–Crippen LogP) is 4.30. The predicted molar refractivity (Wildman–Crippen MR) is 99.4 cm³/mol. The van der Waals surface area contributed by atoms with Crippen LogP contribution in [0.2, 0.25) is 0 Å². The summed E-state index contributed by atoms with van der Waals surface area (Å²) in [5, 5.41) is 19.5. The maximum absolute atomic E-state index is 9.46. The van der Waals surface area contributed by atoms with E-state index in [4.69, 9.17) is 4.98 Å². The Morgan fingerprint density at radius 3 is 2.50 bits per heavy atom. The summed E-state index contributed by atoms with van der Waals surface area (Å²) < 4.78 is 1.80. The highest BCUT2D eigenvalue weighted by Crippen LogP contribution is 2.34. The third-order valence-electron chi connectivity index (χ3n) is 3.98. The number of phenolic OH excluding ortho intramolecular Hbond substituents is 1. The standard InChI is InChI=1S/C18H16N4O.ClH/c1-11-16-17(19-12-7-9-13(23)10-8-12)14-5-3-4-6-15(14)20-18(16)22(2)21-11;/h3-10,23H,1-2H3,(H,19,20);1H. The van der Waals surface area contributed by atoms with E-state index >= 15 is 0 Å². The molecule has 0 saturated carbocycles. The SMILES string of the molecule is Cc1nn(C)c2nc3ccccc3c(Nc3ccc(O)cc3)c12.Cl. The number of hydrogen-bond donors (Lipinski definition) is 2. The van der Waals surface area contributed by atoms with Crippen molar-refractivity contribution in [3.63, 3.8) is 0 Å². The van der Waals surface area contributed by atoms with Gasteiger partial charge >= 0.3 is 0 Å². The third kappa shape index (κ3) is 2.53. The van der Waals surface area contributed by atoms with E-state index < -0.39 is 0 Å². The van der Waals surface area contributed by atoms with Crippen molar-refractivity contribution in [3.05, 3.63) is 54.2 Å². The minimum atomic E-state index is 0. The Hall–Kier alpha value is -2.79. The minimum Gasteiger partial charge on any atom is -0.508 e. The molecular weight excluding hydrogens is 324 g/mol. The molecule has 4 aromatic rings. The minimum absolute atomic E-state index is 0. The first kappa shape index (κ1) is 16.1. The Kier molecular flexibility index (Phi) is 4.03. The fourth-order valence-electron chi connectivity index (χ4n) is 2.92. The average molecular weight is 341 g/mol. The number of aromatic nitrogens is 3. The summed E-state index contributed by atoms with van der Waals surface area (Å²) in [5.74, 6) is 0.248. The number of hydrogen-bond acceptors (Lipinski definition) is 4. The van der Waals surface area contributed by atoms with Gasteiger partial charge in [0, 0.05) is 18.1 Å². The number of rotatable bonds is 2. The summed E-state index contributed by atoms with van der Waals surface area (Å²) in [6.45, 7) is 1.99. The number of nitrogens with one attached hydrogen (secondary N) is 1. The van der Waals surface area contributed by atoms with Crippen LogP contribution in [0.25, 0.3) is 21.9 Å². The largest absolute Gasteiger partial charge is 0.508 e.